The number of hydrogen-bond donors (Lipinski definition) is 1. The summed E-state index contributed by atoms with van der Waals surface area (Å²) in [5.74, 6) is 0.306. The van der Waals surface area contributed by atoms with E-state index in [0.717, 1.165) is 46.8 Å². The Morgan fingerprint density at radius 2 is 1.61 bits per heavy atom. The quantitative estimate of drug-likeness (QED) is 0.346. The van der Waals surface area contributed by atoms with Crippen LogP contribution in [0.5, 0.6) is 5.75 Å². The first-order valence-corrected chi connectivity index (χ1v) is 13.3. The number of benzene rings is 3. The Bertz CT molecular complexity index is 1130. The van der Waals surface area contributed by atoms with Crippen LogP contribution in [0, 0.1) is 6.92 Å². The average molecular weight is 550 g/mol. The molecular formula is C30H33BrN2O3. The predicted octanol–water partition coefficient (Wildman–Crippen LogP) is 5.84. The van der Waals surface area contributed by atoms with Crippen LogP contribution in [0.3, 0.4) is 0 Å². The monoisotopic (exact) mass is 548 g/mol. The molecule has 0 aromatic heterocycles. The standard InChI is InChI=1S/C30H33BrN2O3/c1-22-11-17-27(18-12-22)36-21-29(34)33(20-24-13-15-25(31)16-14-24)28(19-23-7-3-2-4-8-23)30(35)32-26-9-5-6-10-26/h2-4,7-8,11-18,26,28H,5-6,9-10,19-21H2,1H3,(H,32,35). The minimum Gasteiger partial charge on any atom is -0.484 e. The number of carbonyl (C=O) groups excluding carboxylic acids is 2. The van der Waals surface area contributed by atoms with Crippen LogP contribution < -0.4 is 10.1 Å². The first kappa shape index (κ1) is 26.0. The minimum atomic E-state index is -0.647. The van der Waals surface area contributed by atoms with Gasteiger partial charge in [0.25, 0.3) is 5.91 Å². The van der Waals surface area contributed by atoms with Gasteiger partial charge in [-0.25, -0.2) is 0 Å². The Hall–Kier alpha value is -3.12. The number of nitrogens with one attached hydrogen (secondary N) is 1. The van der Waals surface area contributed by atoms with Crippen LogP contribution in [0.1, 0.15) is 42.4 Å². The van der Waals surface area contributed by atoms with Crippen LogP contribution in [0.15, 0.2) is 83.3 Å². The summed E-state index contributed by atoms with van der Waals surface area (Å²) < 4.78 is 6.81. The second-order valence-electron chi connectivity index (χ2n) is 9.45. The zero-order chi connectivity index (χ0) is 25.3. The Morgan fingerprint density at radius 3 is 2.28 bits per heavy atom. The molecule has 188 valence electrons. The number of nitrogens with zero attached hydrogens (tertiary/aromatic N) is 1. The average Bonchev–Trinajstić information content (AvgIpc) is 3.40. The van der Waals surface area contributed by atoms with E-state index in [1.807, 2.05) is 85.8 Å². The molecule has 36 heavy (non-hydrogen) atoms. The fourth-order valence-electron chi connectivity index (χ4n) is 4.57. The first-order valence-electron chi connectivity index (χ1n) is 12.6. The van der Waals surface area contributed by atoms with E-state index in [0.29, 0.717) is 18.7 Å². The summed E-state index contributed by atoms with van der Waals surface area (Å²) in [7, 11) is 0. The summed E-state index contributed by atoms with van der Waals surface area (Å²) in [6, 6.07) is 24.9. The van der Waals surface area contributed by atoms with E-state index in [1.54, 1.807) is 4.90 Å². The fourth-order valence-corrected chi connectivity index (χ4v) is 4.83. The molecule has 3 aromatic carbocycles. The molecule has 1 saturated carbocycles. The number of amides is 2. The van der Waals surface area contributed by atoms with E-state index in [4.69, 9.17) is 4.74 Å². The van der Waals surface area contributed by atoms with Crippen LogP contribution in [0.25, 0.3) is 0 Å². The Labute approximate surface area is 222 Å². The van der Waals surface area contributed by atoms with Gasteiger partial charge in [-0.05, 0) is 55.2 Å². The molecule has 3 aromatic rings. The van der Waals surface area contributed by atoms with Gasteiger partial charge in [-0.2, -0.15) is 0 Å². The summed E-state index contributed by atoms with van der Waals surface area (Å²) in [6.45, 7) is 2.19. The number of ether oxygens (including phenoxy) is 1. The Kier molecular flexibility index (Phi) is 9.17. The lowest BCUT2D eigenvalue weighted by atomic mass is 10.0. The highest BCUT2D eigenvalue weighted by molar-refractivity contribution is 9.10. The maximum atomic E-state index is 13.7. The third-order valence-electron chi connectivity index (χ3n) is 6.62. The lowest BCUT2D eigenvalue weighted by Crippen LogP contribution is -2.53. The van der Waals surface area contributed by atoms with Crippen molar-refractivity contribution in [3.8, 4) is 5.75 Å². The molecule has 0 aliphatic heterocycles. The molecule has 1 N–H and O–H groups in total. The zero-order valence-corrected chi connectivity index (χ0v) is 22.2. The number of rotatable bonds is 10. The first-order chi connectivity index (χ1) is 17.5. The van der Waals surface area contributed by atoms with Crippen LogP contribution in [0.2, 0.25) is 0 Å². The Morgan fingerprint density at radius 1 is 0.944 bits per heavy atom. The van der Waals surface area contributed by atoms with Gasteiger partial charge in [0.05, 0.1) is 0 Å². The van der Waals surface area contributed by atoms with Crippen molar-refractivity contribution in [3.63, 3.8) is 0 Å². The molecule has 5 nitrogen and oxygen atoms in total. The second kappa shape index (κ2) is 12.7. The molecule has 0 radical (unpaired) electrons. The van der Waals surface area contributed by atoms with Crippen LogP contribution in [0.4, 0.5) is 0 Å². The van der Waals surface area contributed by atoms with E-state index in [9.17, 15) is 9.59 Å². The number of carbonyl (C=O) groups is 2. The molecule has 1 fully saturated rings. The van der Waals surface area contributed by atoms with Gasteiger partial charge in [-0.15, -0.1) is 0 Å². The summed E-state index contributed by atoms with van der Waals surface area (Å²) in [5.41, 5.74) is 3.09. The number of hydrogen-bond acceptors (Lipinski definition) is 3. The minimum absolute atomic E-state index is 0.105. The van der Waals surface area contributed by atoms with Crippen molar-refractivity contribution in [2.75, 3.05) is 6.61 Å². The molecule has 0 spiro atoms. The van der Waals surface area contributed by atoms with Crippen molar-refractivity contribution < 1.29 is 14.3 Å². The molecule has 6 heteroatoms. The third kappa shape index (κ3) is 7.44. The molecule has 2 amide bonds. The van der Waals surface area contributed by atoms with E-state index in [2.05, 4.69) is 21.2 Å². The van der Waals surface area contributed by atoms with Gasteiger partial charge in [0, 0.05) is 23.5 Å². The van der Waals surface area contributed by atoms with Crippen molar-refractivity contribution in [1.29, 1.82) is 0 Å². The van der Waals surface area contributed by atoms with Crippen LogP contribution in [-0.2, 0) is 22.6 Å². The van der Waals surface area contributed by atoms with Gasteiger partial charge in [-0.1, -0.05) is 88.9 Å². The fraction of sp³-hybridized carbons (Fsp3) is 0.333. The molecule has 1 atom stereocenters. The van der Waals surface area contributed by atoms with Crippen molar-refractivity contribution >= 4 is 27.7 Å². The molecule has 1 unspecified atom stereocenters. The molecule has 0 heterocycles. The van der Waals surface area contributed by atoms with Crippen molar-refractivity contribution in [3.05, 3.63) is 100 Å². The third-order valence-corrected chi connectivity index (χ3v) is 7.15. The summed E-state index contributed by atoms with van der Waals surface area (Å²) in [5, 5.41) is 3.23. The van der Waals surface area contributed by atoms with Crippen LogP contribution >= 0.6 is 15.9 Å². The van der Waals surface area contributed by atoms with Crippen molar-refractivity contribution in [2.45, 2.75) is 57.7 Å². The second-order valence-corrected chi connectivity index (χ2v) is 10.4. The topological polar surface area (TPSA) is 58.6 Å². The van der Waals surface area contributed by atoms with Crippen LogP contribution in [-0.4, -0.2) is 35.4 Å². The van der Waals surface area contributed by atoms with E-state index in [-0.39, 0.29) is 24.5 Å². The van der Waals surface area contributed by atoms with Gasteiger partial charge < -0.3 is 15.0 Å². The van der Waals surface area contributed by atoms with Gasteiger partial charge >= 0.3 is 0 Å². The normalized spacial score (nSPS) is 14.3. The molecule has 4 rings (SSSR count). The molecule has 0 bridgehead atoms. The number of aryl methyl sites for hydroxylation is 1. The highest BCUT2D eigenvalue weighted by Gasteiger charge is 2.32. The maximum Gasteiger partial charge on any atom is 0.261 e. The molecule has 1 aliphatic carbocycles. The summed E-state index contributed by atoms with van der Waals surface area (Å²) in [4.78, 5) is 29.0. The molecule has 1 aliphatic rings. The van der Waals surface area contributed by atoms with E-state index < -0.39 is 6.04 Å². The van der Waals surface area contributed by atoms with Gasteiger partial charge in [-0.3, -0.25) is 9.59 Å². The zero-order valence-electron chi connectivity index (χ0n) is 20.7. The highest BCUT2D eigenvalue weighted by Crippen LogP contribution is 2.21. The van der Waals surface area contributed by atoms with Gasteiger partial charge in [0.2, 0.25) is 5.91 Å². The lowest BCUT2D eigenvalue weighted by Gasteiger charge is -2.32. The smallest absolute Gasteiger partial charge is 0.261 e. The SMILES string of the molecule is Cc1ccc(OCC(=O)N(Cc2ccc(Br)cc2)C(Cc2ccccc2)C(=O)NC2CCCC2)cc1. The lowest BCUT2D eigenvalue weighted by molar-refractivity contribution is -0.143. The predicted molar refractivity (Wildman–Crippen MR) is 146 cm³/mol. The summed E-state index contributed by atoms with van der Waals surface area (Å²) in [6.07, 6.45) is 4.66. The largest absolute Gasteiger partial charge is 0.484 e. The van der Waals surface area contributed by atoms with E-state index >= 15 is 0 Å². The summed E-state index contributed by atoms with van der Waals surface area (Å²) >= 11 is 3.48. The van der Waals surface area contributed by atoms with Crippen molar-refractivity contribution in [2.24, 2.45) is 0 Å². The van der Waals surface area contributed by atoms with Gasteiger partial charge in [0.15, 0.2) is 6.61 Å². The maximum absolute atomic E-state index is 13.7. The molecule has 0 saturated heterocycles. The van der Waals surface area contributed by atoms with Crippen molar-refractivity contribution in [1.82, 2.24) is 10.2 Å². The molecular weight excluding hydrogens is 516 g/mol. The Balaban J connectivity index is 1.59. The number of halogens is 1. The highest BCUT2D eigenvalue weighted by atomic mass is 79.9. The van der Waals surface area contributed by atoms with E-state index in [1.165, 1.54) is 0 Å². The van der Waals surface area contributed by atoms with Gasteiger partial charge in [0.1, 0.15) is 11.8 Å².